The topological polar surface area (TPSA) is 131 Å². The first kappa shape index (κ1) is 46.5. The van der Waals surface area contributed by atoms with Gasteiger partial charge in [-0.15, -0.1) is 0 Å². The number of Topliss-reactive ketones (excluding diaryl/α,β-unsaturated/α-hetero) is 2. The van der Waals surface area contributed by atoms with Crippen LogP contribution in [0.15, 0.2) is 84.9 Å². The number of hydrogen-bond donors (Lipinski definition) is 2. The zero-order chi connectivity index (χ0) is 45.6. The van der Waals surface area contributed by atoms with Crippen LogP contribution in [-0.4, -0.2) is 85.0 Å². The molecule has 3 N–H and O–H groups in total. The fraction of sp³-hybridized carbons (Fsp3) is 0.481. The second-order valence-electron chi connectivity index (χ2n) is 19.2. The Hall–Kier alpha value is -5.03. The molecule has 4 fully saturated rings. The standard InChI is InChI=1S/C27H32N2O3.C18H24N2O2.C9H9ClO/c1-29-14-10-21(11-15-29)32-24-17-20(28-26(31)9-8-19-6-3-2-4-7-19)16-23-22(24)18-25(30)27(23)12-5-13-27;1-20-7-3-13(4-8-20)22-16-10-12(19)9-15-14(16)11-17(21)18(15)5-2-6-18;10-9(11)7-6-8-4-2-1-3-5-8/h2-4,6-7,16-17,21H,5,8-15,18H2,1H3,(H,28,31);9-10,13H,2-8,11,19H2,1H3;1-5H,6-7H2. The normalized spacial score (nSPS) is 19.7. The molecule has 0 unspecified atom stereocenters. The number of hydrogen-bond acceptors (Lipinski definition) is 9. The molecular formula is C54H65ClN4O6. The van der Waals surface area contributed by atoms with Gasteiger partial charge in [-0.05, 0) is 124 Å². The number of nitrogens with zero attached hydrogens (tertiary/aromatic N) is 2. The van der Waals surface area contributed by atoms with E-state index in [2.05, 4.69) is 29.2 Å². The summed E-state index contributed by atoms with van der Waals surface area (Å²) in [6.45, 7) is 4.17. The molecule has 10 nitrogen and oxygen atoms in total. The monoisotopic (exact) mass is 900 g/mol. The summed E-state index contributed by atoms with van der Waals surface area (Å²) in [5.41, 5.74) is 13.7. The molecule has 2 spiro atoms. The molecule has 0 aromatic heterocycles. The predicted molar refractivity (Wildman–Crippen MR) is 257 cm³/mol. The molecule has 2 saturated heterocycles. The smallest absolute Gasteiger partial charge is 0.224 e. The van der Waals surface area contributed by atoms with Crippen LogP contribution < -0.4 is 20.5 Å². The van der Waals surface area contributed by atoms with Crippen molar-refractivity contribution in [2.45, 2.75) is 126 Å². The first-order chi connectivity index (χ1) is 31.4. The number of anilines is 2. The molecule has 11 heteroatoms. The Morgan fingerprint density at radius 3 is 1.55 bits per heavy atom. The maximum absolute atomic E-state index is 13.0. The third-order valence-corrected chi connectivity index (χ3v) is 15.0. The van der Waals surface area contributed by atoms with Crippen LogP contribution in [0.4, 0.5) is 11.4 Å². The van der Waals surface area contributed by atoms with Gasteiger partial charge in [-0.25, -0.2) is 0 Å². The van der Waals surface area contributed by atoms with Crippen molar-refractivity contribution in [3.05, 3.63) is 118 Å². The molecule has 6 aliphatic rings. The van der Waals surface area contributed by atoms with Crippen molar-refractivity contribution >= 4 is 45.7 Å². The SMILES string of the molecule is CN1CCC(Oc2cc(N)cc3c2CC(=O)C32CCC2)CC1.CN1CCC(Oc2cc(NC(=O)CCc3ccccc3)cc3c2CC(=O)C32CCC2)CC1.O=C(Cl)CCc1ccccc1. The van der Waals surface area contributed by atoms with E-state index in [1.807, 2.05) is 84.9 Å². The molecule has 2 saturated carbocycles. The minimum Gasteiger partial charge on any atom is -0.490 e. The Labute approximate surface area is 389 Å². The van der Waals surface area contributed by atoms with E-state index >= 15 is 0 Å². The van der Waals surface area contributed by atoms with E-state index in [0.717, 1.165) is 153 Å². The van der Waals surface area contributed by atoms with Crippen LogP contribution in [-0.2, 0) is 55.7 Å². The number of carbonyl (C=O) groups is 4. The van der Waals surface area contributed by atoms with Crippen LogP contribution >= 0.6 is 11.6 Å². The van der Waals surface area contributed by atoms with E-state index in [9.17, 15) is 19.2 Å². The zero-order valence-electron chi connectivity index (χ0n) is 38.2. The van der Waals surface area contributed by atoms with Crippen LogP contribution in [0, 0.1) is 0 Å². The molecule has 0 bridgehead atoms. The molecule has 1 amide bonds. The number of halogens is 1. The van der Waals surface area contributed by atoms with Crippen molar-refractivity contribution in [1.82, 2.24) is 9.80 Å². The van der Waals surface area contributed by atoms with Gasteiger partial charge in [0.2, 0.25) is 11.1 Å². The fourth-order valence-corrected chi connectivity index (χ4v) is 10.6. The fourth-order valence-electron chi connectivity index (χ4n) is 10.5. The van der Waals surface area contributed by atoms with E-state index < -0.39 is 0 Å². The number of ketones is 2. The summed E-state index contributed by atoms with van der Waals surface area (Å²) in [6.07, 6.45) is 13.8. The van der Waals surface area contributed by atoms with Crippen molar-refractivity contribution in [2.75, 3.05) is 51.3 Å². The van der Waals surface area contributed by atoms with Crippen molar-refractivity contribution < 1.29 is 28.7 Å². The Morgan fingerprint density at radius 1 is 0.662 bits per heavy atom. The lowest BCUT2D eigenvalue weighted by Gasteiger charge is -2.38. The molecule has 2 heterocycles. The van der Waals surface area contributed by atoms with Crippen molar-refractivity contribution in [2.24, 2.45) is 0 Å². The van der Waals surface area contributed by atoms with E-state index in [0.29, 0.717) is 43.7 Å². The van der Waals surface area contributed by atoms with Crippen molar-refractivity contribution in [1.29, 1.82) is 0 Å². The minimum absolute atomic E-state index is 0.00831. The van der Waals surface area contributed by atoms with Crippen LogP contribution in [0.2, 0.25) is 0 Å². The number of nitrogens with two attached hydrogens (primary N) is 1. The van der Waals surface area contributed by atoms with Gasteiger partial charge in [0.25, 0.3) is 0 Å². The van der Waals surface area contributed by atoms with Gasteiger partial charge in [-0.1, -0.05) is 73.5 Å². The molecule has 0 radical (unpaired) electrons. The highest BCUT2D eigenvalue weighted by atomic mass is 35.5. The van der Waals surface area contributed by atoms with E-state index in [1.165, 1.54) is 0 Å². The van der Waals surface area contributed by atoms with Gasteiger partial charge < -0.3 is 30.3 Å². The van der Waals surface area contributed by atoms with Crippen LogP contribution in [0.3, 0.4) is 0 Å². The second kappa shape index (κ2) is 20.6. The maximum Gasteiger partial charge on any atom is 0.224 e. The molecule has 4 aromatic rings. The molecule has 2 aliphatic heterocycles. The average molecular weight is 902 g/mol. The first-order valence-electron chi connectivity index (χ1n) is 23.8. The number of aryl methyl sites for hydroxylation is 2. The lowest BCUT2D eigenvalue weighted by atomic mass is 9.64. The number of nitrogens with one attached hydrogen (secondary N) is 1. The molecule has 0 atom stereocenters. The number of likely N-dealkylation sites (tertiary alicyclic amines) is 2. The van der Waals surface area contributed by atoms with Gasteiger partial charge in [-0.2, -0.15) is 0 Å². The number of piperidine rings is 2. The largest absolute Gasteiger partial charge is 0.490 e. The van der Waals surface area contributed by atoms with E-state index in [-0.39, 0.29) is 34.2 Å². The van der Waals surface area contributed by atoms with E-state index in [1.54, 1.807) is 0 Å². The molecule has 10 rings (SSSR count). The Morgan fingerprint density at radius 2 is 1.11 bits per heavy atom. The van der Waals surface area contributed by atoms with Crippen LogP contribution in [0.5, 0.6) is 11.5 Å². The lowest BCUT2D eigenvalue weighted by Crippen LogP contribution is -2.39. The highest BCUT2D eigenvalue weighted by molar-refractivity contribution is 6.63. The second-order valence-corrected chi connectivity index (χ2v) is 19.7. The first-order valence-corrected chi connectivity index (χ1v) is 24.2. The van der Waals surface area contributed by atoms with Crippen molar-refractivity contribution in [3.63, 3.8) is 0 Å². The minimum atomic E-state index is -0.342. The molecule has 4 aromatic carbocycles. The third-order valence-electron chi connectivity index (χ3n) is 14.8. The third kappa shape index (κ3) is 10.8. The number of carbonyl (C=O) groups excluding carboxylic acids is 4. The molecule has 344 valence electrons. The Balaban J connectivity index is 0.000000150. The van der Waals surface area contributed by atoms with Crippen molar-refractivity contribution in [3.8, 4) is 11.5 Å². The van der Waals surface area contributed by atoms with Crippen LogP contribution in [0.25, 0.3) is 0 Å². The molecule has 4 aliphatic carbocycles. The van der Waals surface area contributed by atoms with Gasteiger partial charge in [0, 0.05) is 86.5 Å². The maximum atomic E-state index is 13.0. The highest BCUT2D eigenvalue weighted by Gasteiger charge is 2.52. The highest BCUT2D eigenvalue weighted by Crippen LogP contribution is 2.54. The van der Waals surface area contributed by atoms with E-state index in [4.69, 9.17) is 26.8 Å². The predicted octanol–water partition coefficient (Wildman–Crippen LogP) is 8.95. The summed E-state index contributed by atoms with van der Waals surface area (Å²) < 4.78 is 12.8. The summed E-state index contributed by atoms with van der Waals surface area (Å²) in [5, 5.41) is 2.82. The number of rotatable bonds is 11. The Bertz CT molecular complexity index is 2330. The number of fused-ring (bicyclic) bond motifs is 4. The summed E-state index contributed by atoms with van der Waals surface area (Å²) in [7, 11) is 4.28. The van der Waals surface area contributed by atoms with Gasteiger partial charge in [0.05, 0.1) is 10.8 Å². The zero-order valence-corrected chi connectivity index (χ0v) is 38.9. The summed E-state index contributed by atoms with van der Waals surface area (Å²) >= 11 is 5.19. The summed E-state index contributed by atoms with van der Waals surface area (Å²) in [6, 6.07) is 27.8. The van der Waals surface area contributed by atoms with Gasteiger partial charge in [0.1, 0.15) is 35.3 Å². The quantitative estimate of drug-likeness (QED) is 0.112. The average Bonchev–Trinajstić information content (AvgIpc) is 3.75. The van der Waals surface area contributed by atoms with Gasteiger partial charge in [-0.3, -0.25) is 19.2 Å². The molecule has 65 heavy (non-hydrogen) atoms. The van der Waals surface area contributed by atoms with Gasteiger partial charge >= 0.3 is 0 Å². The molecular weight excluding hydrogens is 836 g/mol. The number of nitrogen functional groups attached to an aromatic ring is 1. The number of benzene rings is 4. The Kier molecular flexibility index (Phi) is 14.8. The number of ether oxygens (including phenoxy) is 2. The summed E-state index contributed by atoms with van der Waals surface area (Å²) in [5.74, 6) is 2.34. The lowest BCUT2D eigenvalue weighted by molar-refractivity contribution is -0.126. The summed E-state index contributed by atoms with van der Waals surface area (Å²) in [4.78, 5) is 53.2. The van der Waals surface area contributed by atoms with Gasteiger partial charge in [0.15, 0.2) is 0 Å². The number of amides is 1. The van der Waals surface area contributed by atoms with Crippen LogP contribution in [0.1, 0.15) is 110 Å².